The standard InChI is InChI=1S/C13H18N4/c1-15-10-11-3-6-17(7-4-11)13-8-12(9-14)2-5-16-13/h2,5,8,11,15H,3-4,6-7,10H2,1H3. The van der Waals surface area contributed by atoms with E-state index in [1.165, 1.54) is 12.8 Å². The Kier molecular flexibility index (Phi) is 3.94. The zero-order chi connectivity index (χ0) is 12.1. The molecular formula is C13H18N4. The summed E-state index contributed by atoms with van der Waals surface area (Å²) in [6, 6.07) is 5.78. The van der Waals surface area contributed by atoms with Gasteiger partial charge in [0.15, 0.2) is 0 Å². The number of nitrogens with zero attached hydrogens (tertiary/aromatic N) is 3. The first kappa shape index (κ1) is 11.9. The van der Waals surface area contributed by atoms with Gasteiger partial charge in [0.25, 0.3) is 0 Å². The lowest BCUT2D eigenvalue weighted by Gasteiger charge is -2.32. The summed E-state index contributed by atoms with van der Waals surface area (Å²) < 4.78 is 0. The van der Waals surface area contributed by atoms with Crippen LogP contribution in [-0.4, -0.2) is 31.7 Å². The molecule has 1 N–H and O–H groups in total. The molecule has 0 unspecified atom stereocenters. The molecule has 0 spiro atoms. The predicted molar refractivity (Wildman–Crippen MR) is 67.8 cm³/mol. The van der Waals surface area contributed by atoms with Crippen molar-refractivity contribution in [2.75, 3.05) is 31.6 Å². The Balaban J connectivity index is 1.98. The van der Waals surface area contributed by atoms with E-state index in [9.17, 15) is 0 Å². The topological polar surface area (TPSA) is 52.0 Å². The number of aromatic nitrogens is 1. The Bertz CT molecular complexity index is 402. The van der Waals surface area contributed by atoms with E-state index < -0.39 is 0 Å². The van der Waals surface area contributed by atoms with Crippen molar-refractivity contribution in [3.05, 3.63) is 23.9 Å². The van der Waals surface area contributed by atoms with Crippen LogP contribution in [0.3, 0.4) is 0 Å². The van der Waals surface area contributed by atoms with E-state index in [2.05, 4.69) is 21.3 Å². The summed E-state index contributed by atoms with van der Waals surface area (Å²) in [5.41, 5.74) is 0.687. The number of anilines is 1. The van der Waals surface area contributed by atoms with E-state index in [1.807, 2.05) is 13.1 Å². The predicted octanol–water partition coefficient (Wildman–Crippen LogP) is 1.39. The van der Waals surface area contributed by atoms with Crippen LogP contribution in [0.2, 0.25) is 0 Å². The Morgan fingerprint density at radius 2 is 2.29 bits per heavy atom. The highest BCUT2D eigenvalue weighted by Crippen LogP contribution is 2.21. The monoisotopic (exact) mass is 230 g/mol. The number of pyridine rings is 1. The van der Waals surface area contributed by atoms with Gasteiger partial charge in [-0.2, -0.15) is 5.26 Å². The second-order valence-corrected chi connectivity index (χ2v) is 4.50. The molecule has 2 heterocycles. The van der Waals surface area contributed by atoms with E-state index in [0.29, 0.717) is 5.56 Å². The molecule has 1 aromatic heterocycles. The minimum Gasteiger partial charge on any atom is -0.357 e. The summed E-state index contributed by atoms with van der Waals surface area (Å²) in [4.78, 5) is 6.61. The molecule has 0 radical (unpaired) electrons. The van der Waals surface area contributed by atoms with Gasteiger partial charge < -0.3 is 10.2 Å². The van der Waals surface area contributed by atoms with Gasteiger partial charge in [-0.15, -0.1) is 0 Å². The number of hydrogen-bond acceptors (Lipinski definition) is 4. The molecule has 17 heavy (non-hydrogen) atoms. The van der Waals surface area contributed by atoms with Gasteiger partial charge in [0.05, 0.1) is 11.6 Å². The highest BCUT2D eigenvalue weighted by molar-refractivity contribution is 5.45. The normalized spacial score (nSPS) is 16.8. The van der Waals surface area contributed by atoms with Crippen molar-refractivity contribution < 1.29 is 0 Å². The van der Waals surface area contributed by atoms with Gasteiger partial charge in [0.1, 0.15) is 5.82 Å². The second kappa shape index (κ2) is 5.65. The van der Waals surface area contributed by atoms with E-state index in [4.69, 9.17) is 5.26 Å². The molecule has 1 aliphatic heterocycles. The van der Waals surface area contributed by atoms with Gasteiger partial charge in [-0.05, 0) is 44.5 Å². The van der Waals surface area contributed by atoms with Crippen molar-refractivity contribution in [2.24, 2.45) is 5.92 Å². The summed E-state index contributed by atoms with van der Waals surface area (Å²) in [7, 11) is 2.00. The van der Waals surface area contributed by atoms with Crippen LogP contribution in [-0.2, 0) is 0 Å². The van der Waals surface area contributed by atoms with Crippen LogP contribution in [0.25, 0.3) is 0 Å². The maximum Gasteiger partial charge on any atom is 0.129 e. The molecule has 0 atom stereocenters. The van der Waals surface area contributed by atoms with Crippen LogP contribution in [0.4, 0.5) is 5.82 Å². The number of nitriles is 1. The van der Waals surface area contributed by atoms with Gasteiger partial charge in [-0.1, -0.05) is 0 Å². The molecular weight excluding hydrogens is 212 g/mol. The smallest absolute Gasteiger partial charge is 0.129 e. The highest BCUT2D eigenvalue weighted by Gasteiger charge is 2.19. The van der Waals surface area contributed by atoms with Crippen LogP contribution in [0.1, 0.15) is 18.4 Å². The van der Waals surface area contributed by atoms with Gasteiger partial charge in [-0.3, -0.25) is 0 Å². The molecule has 0 aliphatic carbocycles. The van der Waals surface area contributed by atoms with Crippen LogP contribution >= 0.6 is 0 Å². The fourth-order valence-corrected chi connectivity index (χ4v) is 2.32. The lowest BCUT2D eigenvalue weighted by Crippen LogP contribution is -2.37. The van der Waals surface area contributed by atoms with Gasteiger partial charge in [-0.25, -0.2) is 4.98 Å². The molecule has 90 valence electrons. The number of rotatable bonds is 3. The molecule has 1 fully saturated rings. The van der Waals surface area contributed by atoms with Crippen molar-refractivity contribution in [3.8, 4) is 6.07 Å². The quantitative estimate of drug-likeness (QED) is 0.852. The second-order valence-electron chi connectivity index (χ2n) is 4.50. The van der Waals surface area contributed by atoms with Crippen LogP contribution in [0.5, 0.6) is 0 Å². The molecule has 4 nitrogen and oxygen atoms in total. The van der Waals surface area contributed by atoms with Crippen molar-refractivity contribution in [3.63, 3.8) is 0 Å². The van der Waals surface area contributed by atoms with Crippen molar-refractivity contribution in [2.45, 2.75) is 12.8 Å². The van der Waals surface area contributed by atoms with Crippen LogP contribution in [0, 0.1) is 17.2 Å². The average molecular weight is 230 g/mol. The minimum atomic E-state index is 0.687. The molecule has 1 aromatic rings. The first-order chi connectivity index (χ1) is 8.33. The Morgan fingerprint density at radius 3 is 2.94 bits per heavy atom. The summed E-state index contributed by atoms with van der Waals surface area (Å²) >= 11 is 0. The molecule has 0 bridgehead atoms. The third-order valence-electron chi connectivity index (χ3n) is 3.31. The molecule has 2 rings (SSSR count). The molecule has 1 saturated heterocycles. The zero-order valence-corrected chi connectivity index (χ0v) is 10.2. The van der Waals surface area contributed by atoms with Crippen LogP contribution < -0.4 is 10.2 Å². The Hall–Kier alpha value is -1.60. The minimum absolute atomic E-state index is 0.687. The van der Waals surface area contributed by atoms with Crippen LogP contribution in [0.15, 0.2) is 18.3 Å². The average Bonchev–Trinajstić information content (AvgIpc) is 2.40. The van der Waals surface area contributed by atoms with Crippen molar-refractivity contribution in [1.29, 1.82) is 5.26 Å². The van der Waals surface area contributed by atoms with E-state index in [-0.39, 0.29) is 0 Å². The summed E-state index contributed by atoms with van der Waals surface area (Å²) in [6.45, 7) is 3.17. The lowest BCUT2D eigenvalue weighted by molar-refractivity contribution is 0.392. The first-order valence-corrected chi connectivity index (χ1v) is 6.09. The maximum absolute atomic E-state index is 8.87. The lowest BCUT2D eigenvalue weighted by atomic mass is 9.97. The van der Waals surface area contributed by atoms with Gasteiger partial charge in [0.2, 0.25) is 0 Å². The van der Waals surface area contributed by atoms with E-state index >= 15 is 0 Å². The summed E-state index contributed by atoms with van der Waals surface area (Å²) in [6.07, 6.45) is 4.10. The third kappa shape index (κ3) is 2.95. The third-order valence-corrected chi connectivity index (χ3v) is 3.31. The Morgan fingerprint density at radius 1 is 1.53 bits per heavy atom. The summed E-state index contributed by atoms with van der Waals surface area (Å²) in [5, 5.41) is 12.1. The molecule has 0 aromatic carbocycles. The number of hydrogen-bond donors (Lipinski definition) is 1. The molecule has 0 amide bonds. The van der Waals surface area contributed by atoms with Crippen molar-refractivity contribution >= 4 is 5.82 Å². The summed E-state index contributed by atoms with van der Waals surface area (Å²) in [5.74, 6) is 1.71. The van der Waals surface area contributed by atoms with E-state index in [1.54, 1.807) is 12.3 Å². The van der Waals surface area contributed by atoms with E-state index in [0.717, 1.165) is 31.4 Å². The highest BCUT2D eigenvalue weighted by atomic mass is 15.2. The number of piperidine rings is 1. The number of nitrogens with one attached hydrogen (secondary N) is 1. The molecule has 4 heteroatoms. The van der Waals surface area contributed by atoms with Crippen molar-refractivity contribution in [1.82, 2.24) is 10.3 Å². The Labute approximate surface area is 102 Å². The largest absolute Gasteiger partial charge is 0.357 e. The zero-order valence-electron chi connectivity index (χ0n) is 10.2. The SMILES string of the molecule is CNCC1CCN(c2cc(C#N)ccn2)CC1. The van der Waals surface area contributed by atoms with Gasteiger partial charge in [0, 0.05) is 19.3 Å². The fraction of sp³-hybridized carbons (Fsp3) is 0.538. The molecule has 1 aliphatic rings. The fourth-order valence-electron chi connectivity index (χ4n) is 2.32. The van der Waals surface area contributed by atoms with Gasteiger partial charge >= 0.3 is 0 Å². The maximum atomic E-state index is 8.87. The molecule has 0 saturated carbocycles. The first-order valence-electron chi connectivity index (χ1n) is 6.09.